The van der Waals surface area contributed by atoms with Gasteiger partial charge < -0.3 is 4.42 Å². The fourth-order valence-electron chi connectivity index (χ4n) is 2.42. The molecule has 0 aliphatic heterocycles. The van der Waals surface area contributed by atoms with E-state index in [0.717, 1.165) is 4.68 Å². The van der Waals surface area contributed by atoms with E-state index in [9.17, 15) is 14.4 Å². The van der Waals surface area contributed by atoms with Gasteiger partial charge in [-0.1, -0.05) is 23.2 Å². The van der Waals surface area contributed by atoms with Gasteiger partial charge in [-0.2, -0.15) is 14.5 Å². The lowest BCUT2D eigenvalue weighted by molar-refractivity contribution is 0.434. The van der Waals surface area contributed by atoms with Crippen molar-refractivity contribution in [3.8, 4) is 5.69 Å². The molecule has 142 valence electrons. The Morgan fingerprint density at radius 3 is 2.33 bits per heavy atom. The van der Waals surface area contributed by atoms with Gasteiger partial charge in [0, 0.05) is 10.0 Å². The first-order valence-electron chi connectivity index (χ1n) is 7.94. The molecule has 1 aromatic carbocycles. The number of hydrogen-bond acceptors (Lipinski definition) is 6. The second-order valence-corrected chi connectivity index (χ2v) is 6.94. The number of rotatable bonds is 4. The lowest BCUT2D eigenvalue weighted by Crippen LogP contribution is -2.32. The van der Waals surface area contributed by atoms with Crippen LogP contribution < -0.4 is 17.0 Å². The highest BCUT2D eigenvalue weighted by atomic mass is 35.5. The number of H-pyrrole nitrogens is 1. The Hall–Kier alpha value is -2.65. The summed E-state index contributed by atoms with van der Waals surface area (Å²) in [7, 11) is 0. The zero-order chi connectivity index (χ0) is 19.9. The number of nitrogens with zero attached hydrogens (tertiary/aromatic N) is 4. The second kappa shape index (κ2) is 7.16. The Labute approximate surface area is 162 Å². The molecule has 0 saturated heterocycles. The van der Waals surface area contributed by atoms with Crippen LogP contribution in [0.25, 0.3) is 5.69 Å². The van der Waals surface area contributed by atoms with Crippen LogP contribution in [-0.2, 0) is 6.42 Å². The van der Waals surface area contributed by atoms with Crippen LogP contribution in [-0.4, -0.2) is 24.5 Å². The molecule has 9 nitrogen and oxygen atoms in total. The molecule has 0 spiro atoms. The van der Waals surface area contributed by atoms with Crippen LogP contribution in [0.1, 0.15) is 37.0 Å². The van der Waals surface area contributed by atoms with Gasteiger partial charge in [-0.25, -0.2) is 9.59 Å². The van der Waals surface area contributed by atoms with Gasteiger partial charge in [0.1, 0.15) is 5.69 Å². The van der Waals surface area contributed by atoms with Crippen LogP contribution in [0.4, 0.5) is 0 Å². The Bertz CT molecular complexity index is 1170. The third-order valence-electron chi connectivity index (χ3n) is 3.79. The predicted molar refractivity (Wildman–Crippen MR) is 99.2 cm³/mol. The SMILES string of the molecule is Cc1nn(-c2cc(Cl)c(Cc3nn(C(C)C)c(=O)o3)c(Cl)c2)c(=O)[nH]c1=O. The number of halogens is 2. The van der Waals surface area contributed by atoms with E-state index in [-0.39, 0.29) is 39.8 Å². The van der Waals surface area contributed by atoms with Gasteiger partial charge in [0.2, 0.25) is 5.89 Å². The molecule has 0 bridgehead atoms. The van der Waals surface area contributed by atoms with Crippen molar-refractivity contribution in [1.82, 2.24) is 24.5 Å². The van der Waals surface area contributed by atoms with Gasteiger partial charge in [0.25, 0.3) is 5.56 Å². The van der Waals surface area contributed by atoms with E-state index in [0.29, 0.717) is 5.56 Å². The van der Waals surface area contributed by atoms with Gasteiger partial charge in [-0.15, -0.1) is 5.10 Å². The number of hydrogen-bond donors (Lipinski definition) is 1. The quantitative estimate of drug-likeness (QED) is 0.700. The topological polar surface area (TPSA) is 116 Å². The van der Waals surface area contributed by atoms with Gasteiger partial charge in [-0.05, 0) is 38.5 Å². The Balaban J connectivity index is 2.02. The van der Waals surface area contributed by atoms with Crippen molar-refractivity contribution in [3.63, 3.8) is 0 Å². The summed E-state index contributed by atoms with van der Waals surface area (Å²) in [5.41, 5.74) is -0.402. The van der Waals surface area contributed by atoms with E-state index in [1.807, 2.05) is 0 Å². The summed E-state index contributed by atoms with van der Waals surface area (Å²) in [6.45, 7) is 5.08. The van der Waals surface area contributed by atoms with Crippen molar-refractivity contribution in [1.29, 1.82) is 0 Å². The molecule has 0 aliphatic carbocycles. The van der Waals surface area contributed by atoms with Crippen molar-refractivity contribution in [2.75, 3.05) is 0 Å². The van der Waals surface area contributed by atoms with E-state index in [1.165, 1.54) is 23.7 Å². The summed E-state index contributed by atoms with van der Waals surface area (Å²) in [5.74, 6) is -0.399. The maximum absolute atomic E-state index is 12.0. The Kier molecular flexibility index (Phi) is 5.07. The minimum atomic E-state index is -0.716. The molecule has 0 saturated carbocycles. The van der Waals surface area contributed by atoms with Crippen molar-refractivity contribution in [2.45, 2.75) is 33.2 Å². The fourth-order valence-corrected chi connectivity index (χ4v) is 3.02. The minimum Gasteiger partial charge on any atom is -0.392 e. The normalized spacial score (nSPS) is 11.3. The molecule has 11 heteroatoms. The first kappa shape index (κ1) is 19.1. The summed E-state index contributed by atoms with van der Waals surface area (Å²) >= 11 is 12.6. The van der Waals surface area contributed by atoms with Crippen LogP contribution in [0.5, 0.6) is 0 Å². The highest BCUT2D eigenvalue weighted by molar-refractivity contribution is 6.36. The van der Waals surface area contributed by atoms with Gasteiger partial charge in [-0.3, -0.25) is 9.78 Å². The zero-order valence-electron chi connectivity index (χ0n) is 14.6. The number of aromatic amines is 1. The number of benzene rings is 1. The van der Waals surface area contributed by atoms with Crippen molar-refractivity contribution < 1.29 is 4.42 Å². The maximum Gasteiger partial charge on any atom is 0.437 e. The molecule has 0 radical (unpaired) electrons. The van der Waals surface area contributed by atoms with Crippen LogP contribution in [0.15, 0.2) is 30.9 Å². The second-order valence-electron chi connectivity index (χ2n) is 6.12. The number of nitrogens with one attached hydrogen (secondary N) is 1. The summed E-state index contributed by atoms with van der Waals surface area (Å²) in [6, 6.07) is 2.81. The van der Waals surface area contributed by atoms with E-state index in [4.69, 9.17) is 27.6 Å². The van der Waals surface area contributed by atoms with Crippen LogP contribution in [0.3, 0.4) is 0 Å². The van der Waals surface area contributed by atoms with E-state index in [2.05, 4.69) is 15.2 Å². The molecule has 3 aromatic rings. The molecule has 1 N–H and O–H groups in total. The van der Waals surface area contributed by atoms with Gasteiger partial charge >= 0.3 is 11.4 Å². The highest BCUT2D eigenvalue weighted by Gasteiger charge is 2.17. The standard InChI is InChI=1S/C16H15Cl2N5O4/c1-7(2)22-16(26)27-13(21-22)6-10-11(17)4-9(5-12(10)18)23-15(25)19-14(24)8(3)20-23/h4-5,7H,6H2,1-3H3,(H,19,24,25). The minimum absolute atomic E-state index is 0.0971. The van der Waals surface area contributed by atoms with Crippen molar-refractivity contribution >= 4 is 23.2 Å². The molecule has 2 heterocycles. The third-order valence-corrected chi connectivity index (χ3v) is 4.46. The molecule has 0 atom stereocenters. The summed E-state index contributed by atoms with van der Waals surface area (Å²) in [4.78, 5) is 37.4. The van der Waals surface area contributed by atoms with E-state index >= 15 is 0 Å². The molecule has 3 rings (SSSR count). The largest absolute Gasteiger partial charge is 0.437 e. The molecular weight excluding hydrogens is 397 g/mol. The molecule has 2 aromatic heterocycles. The van der Waals surface area contributed by atoms with Crippen LogP contribution in [0, 0.1) is 6.92 Å². The Morgan fingerprint density at radius 1 is 1.15 bits per heavy atom. The first-order valence-corrected chi connectivity index (χ1v) is 8.70. The third kappa shape index (κ3) is 3.74. The summed E-state index contributed by atoms with van der Waals surface area (Å²) in [6.07, 6.45) is 0.0971. The molecule has 0 unspecified atom stereocenters. The summed E-state index contributed by atoms with van der Waals surface area (Å²) < 4.78 is 7.34. The lowest BCUT2D eigenvalue weighted by atomic mass is 10.1. The predicted octanol–water partition coefficient (Wildman–Crippen LogP) is 1.86. The number of aryl methyl sites for hydroxylation is 1. The number of aromatic nitrogens is 5. The molecule has 0 fully saturated rings. The van der Waals surface area contributed by atoms with Crippen molar-refractivity contribution in [3.05, 3.63) is 70.7 Å². The zero-order valence-corrected chi connectivity index (χ0v) is 16.1. The Morgan fingerprint density at radius 2 is 1.78 bits per heavy atom. The highest BCUT2D eigenvalue weighted by Crippen LogP contribution is 2.29. The fraction of sp³-hybridized carbons (Fsp3) is 0.312. The summed E-state index contributed by atoms with van der Waals surface area (Å²) in [5, 5.41) is 8.52. The molecule has 27 heavy (non-hydrogen) atoms. The maximum atomic E-state index is 12.0. The van der Waals surface area contributed by atoms with Crippen LogP contribution in [0.2, 0.25) is 10.0 Å². The molecule has 0 amide bonds. The van der Waals surface area contributed by atoms with Crippen molar-refractivity contribution in [2.24, 2.45) is 0 Å². The van der Waals surface area contributed by atoms with E-state index in [1.54, 1.807) is 13.8 Å². The smallest absolute Gasteiger partial charge is 0.392 e. The average molecular weight is 412 g/mol. The van der Waals surface area contributed by atoms with E-state index < -0.39 is 17.0 Å². The van der Waals surface area contributed by atoms with Crippen LogP contribution >= 0.6 is 23.2 Å². The van der Waals surface area contributed by atoms with Gasteiger partial charge in [0.15, 0.2) is 0 Å². The average Bonchev–Trinajstić information content (AvgIpc) is 2.95. The lowest BCUT2D eigenvalue weighted by Gasteiger charge is -2.10. The first-order chi connectivity index (χ1) is 12.7. The molecular formula is C16H15Cl2N5O4. The molecule has 0 aliphatic rings. The monoisotopic (exact) mass is 411 g/mol. The van der Waals surface area contributed by atoms with Gasteiger partial charge in [0.05, 0.1) is 18.2 Å².